The van der Waals surface area contributed by atoms with Gasteiger partial charge in [-0.3, -0.25) is 4.79 Å². The number of hydrogen-bond acceptors (Lipinski definition) is 3. The number of nitrogens with zero attached hydrogens (tertiary/aromatic N) is 2. The van der Waals surface area contributed by atoms with E-state index in [9.17, 15) is 4.79 Å². The Kier molecular flexibility index (Phi) is 3.39. The number of nitrogens with one attached hydrogen (secondary N) is 1. The summed E-state index contributed by atoms with van der Waals surface area (Å²) in [5, 5.41) is 11.3. The molecule has 2 aromatic heterocycles. The zero-order chi connectivity index (χ0) is 12.3. The second kappa shape index (κ2) is 4.97. The minimum Gasteiger partial charge on any atom is -0.396 e. The van der Waals surface area contributed by atoms with Crippen LogP contribution in [0.2, 0.25) is 0 Å². The Balaban J connectivity index is 2.15. The van der Waals surface area contributed by atoms with Crippen LogP contribution in [0.4, 0.5) is 0 Å². The van der Waals surface area contributed by atoms with Crippen molar-refractivity contribution >= 4 is 11.6 Å². The summed E-state index contributed by atoms with van der Waals surface area (Å²) in [6.45, 7) is 2.52. The van der Waals surface area contributed by atoms with Gasteiger partial charge in [0.15, 0.2) is 0 Å². The first-order valence-electron chi connectivity index (χ1n) is 5.55. The van der Waals surface area contributed by atoms with E-state index in [1.54, 1.807) is 6.20 Å². The highest BCUT2D eigenvalue weighted by molar-refractivity contribution is 5.92. The summed E-state index contributed by atoms with van der Waals surface area (Å²) in [5.41, 5.74) is 2.26. The molecule has 2 rings (SSSR count). The Morgan fingerprint density at radius 3 is 3.18 bits per heavy atom. The lowest BCUT2D eigenvalue weighted by molar-refractivity contribution is 0.0947. The molecule has 17 heavy (non-hydrogen) atoms. The molecule has 0 aromatic carbocycles. The molecule has 0 saturated carbocycles. The average molecular weight is 233 g/mol. The molecule has 0 radical (unpaired) electrons. The smallest absolute Gasteiger partial charge is 0.271 e. The Morgan fingerprint density at radius 1 is 1.59 bits per heavy atom. The van der Waals surface area contributed by atoms with Crippen LogP contribution in [0.1, 0.15) is 22.5 Å². The van der Waals surface area contributed by atoms with Gasteiger partial charge in [0, 0.05) is 25.5 Å². The molecule has 5 heteroatoms. The molecule has 0 bridgehead atoms. The second-order valence-corrected chi connectivity index (χ2v) is 3.93. The SMILES string of the molecule is Cc1ccn2cc(C(=O)NCCCO)nc2c1. The van der Waals surface area contributed by atoms with E-state index in [0.717, 1.165) is 11.2 Å². The maximum absolute atomic E-state index is 11.7. The van der Waals surface area contributed by atoms with Gasteiger partial charge in [-0.15, -0.1) is 0 Å². The zero-order valence-electron chi connectivity index (χ0n) is 9.68. The first kappa shape index (κ1) is 11.6. The minimum atomic E-state index is -0.209. The normalized spacial score (nSPS) is 10.7. The number of carbonyl (C=O) groups is 1. The third-order valence-corrected chi connectivity index (χ3v) is 2.47. The van der Waals surface area contributed by atoms with Crippen LogP contribution in [0.3, 0.4) is 0 Å². The number of rotatable bonds is 4. The van der Waals surface area contributed by atoms with Crippen molar-refractivity contribution < 1.29 is 9.90 Å². The van der Waals surface area contributed by atoms with E-state index in [-0.39, 0.29) is 12.5 Å². The van der Waals surface area contributed by atoms with Crippen LogP contribution in [0.5, 0.6) is 0 Å². The van der Waals surface area contributed by atoms with Gasteiger partial charge in [0.1, 0.15) is 11.3 Å². The molecule has 0 aliphatic carbocycles. The van der Waals surface area contributed by atoms with Crippen molar-refractivity contribution in [1.82, 2.24) is 14.7 Å². The number of aliphatic hydroxyl groups is 1. The van der Waals surface area contributed by atoms with Crippen molar-refractivity contribution in [3.63, 3.8) is 0 Å². The van der Waals surface area contributed by atoms with E-state index < -0.39 is 0 Å². The highest BCUT2D eigenvalue weighted by Gasteiger charge is 2.09. The van der Waals surface area contributed by atoms with Gasteiger partial charge in [0.2, 0.25) is 0 Å². The molecule has 5 nitrogen and oxygen atoms in total. The lowest BCUT2D eigenvalue weighted by Crippen LogP contribution is -2.25. The standard InChI is InChI=1S/C12H15N3O2/c1-9-3-5-15-8-10(14-11(15)7-9)12(17)13-4-2-6-16/h3,5,7-8,16H,2,4,6H2,1H3,(H,13,17). The van der Waals surface area contributed by atoms with Crippen LogP contribution < -0.4 is 5.32 Å². The van der Waals surface area contributed by atoms with E-state index in [0.29, 0.717) is 18.7 Å². The van der Waals surface area contributed by atoms with Gasteiger partial charge in [-0.1, -0.05) is 0 Å². The molecule has 0 atom stereocenters. The number of amides is 1. The fraction of sp³-hybridized carbons (Fsp3) is 0.333. The average Bonchev–Trinajstić information content (AvgIpc) is 2.72. The minimum absolute atomic E-state index is 0.0740. The Bertz CT molecular complexity index is 534. The van der Waals surface area contributed by atoms with Crippen molar-refractivity contribution in [1.29, 1.82) is 0 Å². The van der Waals surface area contributed by atoms with Crippen molar-refractivity contribution in [3.8, 4) is 0 Å². The van der Waals surface area contributed by atoms with Crippen LogP contribution in [-0.4, -0.2) is 33.6 Å². The monoisotopic (exact) mass is 233 g/mol. The lowest BCUT2D eigenvalue weighted by Gasteiger charge is -1.99. The summed E-state index contributed by atoms with van der Waals surface area (Å²) in [6, 6.07) is 3.88. The third-order valence-electron chi connectivity index (χ3n) is 2.47. The fourth-order valence-electron chi connectivity index (χ4n) is 1.56. The summed E-state index contributed by atoms with van der Waals surface area (Å²) in [4.78, 5) is 15.9. The van der Waals surface area contributed by atoms with E-state index >= 15 is 0 Å². The Morgan fingerprint density at radius 2 is 2.41 bits per heavy atom. The largest absolute Gasteiger partial charge is 0.396 e. The van der Waals surface area contributed by atoms with Crippen molar-refractivity contribution in [2.45, 2.75) is 13.3 Å². The van der Waals surface area contributed by atoms with Crippen molar-refractivity contribution in [3.05, 3.63) is 35.8 Å². The Labute approximate surface area is 99.1 Å². The van der Waals surface area contributed by atoms with Crippen LogP contribution in [0, 0.1) is 6.92 Å². The van der Waals surface area contributed by atoms with E-state index in [2.05, 4.69) is 10.3 Å². The van der Waals surface area contributed by atoms with Gasteiger partial charge < -0.3 is 14.8 Å². The molecule has 0 aliphatic rings. The molecule has 1 amide bonds. The number of aryl methyl sites for hydroxylation is 1. The number of aliphatic hydroxyl groups excluding tert-OH is 1. The molecule has 2 aromatic rings. The molecule has 0 aliphatic heterocycles. The predicted octanol–water partition coefficient (Wildman–Crippen LogP) is 0.755. The number of hydrogen-bond donors (Lipinski definition) is 2. The van der Waals surface area contributed by atoms with Crippen LogP contribution in [0.15, 0.2) is 24.5 Å². The second-order valence-electron chi connectivity index (χ2n) is 3.93. The van der Waals surface area contributed by atoms with Crippen LogP contribution in [0.25, 0.3) is 5.65 Å². The number of fused-ring (bicyclic) bond motifs is 1. The molecular formula is C12H15N3O2. The predicted molar refractivity (Wildman–Crippen MR) is 64.0 cm³/mol. The number of imidazole rings is 1. The first-order chi connectivity index (χ1) is 8.20. The molecular weight excluding hydrogens is 218 g/mol. The summed E-state index contributed by atoms with van der Waals surface area (Å²) >= 11 is 0. The van der Waals surface area contributed by atoms with Gasteiger partial charge >= 0.3 is 0 Å². The number of aromatic nitrogens is 2. The highest BCUT2D eigenvalue weighted by Crippen LogP contribution is 2.07. The fourth-order valence-corrected chi connectivity index (χ4v) is 1.56. The number of carbonyl (C=O) groups excluding carboxylic acids is 1. The summed E-state index contributed by atoms with van der Waals surface area (Å²) in [7, 11) is 0. The van der Waals surface area contributed by atoms with E-state index in [4.69, 9.17) is 5.11 Å². The molecule has 2 heterocycles. The molecule has 0 spiro atoms. The quantitative estimate of drug-likeness (QED) is 0.766. The lowest BCUT2D eigenvalue weighted by atomic mass is 10.3. The topological polar surface area (TPSA) is 66.6 Å². The first-order valence-corrected chi connectivity index (χ1v) is 5.55. The number of pyridine rings is 1. The summed E-state index contributed by atoms with van der Waals surface area (Å²) in [6.07, 6.45) is 4.13. The van der Waals surface area contributed by atoms with E-state index in [1.807, 2.05) is 29.7 Å². The van der Waals surface area contributed by atoms with Gasteiger partial charge in [-0.2, -0.15) is 0 Å². The summed E-state index contributed by atoms with van der Waals surface area (Å²) < 4.78 is 1.81. The maximum atomic E-state index is 11.7. The highest BCUT2D eigenvalue weighted by atomic mass is 16.3. The molecule has 0 fully saturated rings. The molecule has 90 valence electrons. The van der Waals surface area contributed by atoms with Crippen LogP contribution >= 0.6 is 0 Å². The van der Waals surface area contributed by atoms with Crippen molar-refractivity contribution in [2.24, 2.45) is 0 Å². The van der Waals surface area contributed by atoms with E-state index in [1.165, 1.54) is 0 Å². The van der Waals surface area contributed by atoms with Crippen LogP contribution in [-0.2, 0) is 0 Å². The summed E-state index contributed by atoms with van der Waals surface area (Å²) in [5.74, 6) is -0.209. The van der Waals surface area contributed by atoms with Gasteiger partial charge in [0.25, 0.3) is 5.91 Å². The molecule has 0 unspecified atom stereocenters. The third kappa shape index (κ3) is 2.62. The zero-order valence-corrected chi connectivity index (χ0v) is 9.68. The molecule has 0 saturated heterocycles. The molecule has 2 N–H and O–H groups in total. The van der Waals surface area contributed by atoms with Gasteiger partial charge in [-0.05, 0) is 31.0 Å². The van der Waals surface area contributed by atoms with Gasteiger partial charge in [-0.25, -0.2) is 4.98 Å². The Hall–Kier alpha value is -1.88. The van der Waals surface area contributed by atoms with Gasteiger partial charge in [0.05, 0.1) is 0 Å². The maximum Gasteiger partial charge on any atom is 0.271 e. The van der Waals surface area contributed by atoms with Crippen molar-refractivity contribution in [2.75, 3.05) is 13.2 Å².